The number of amides is 1. The van der Waals surface area contributed by atoms with Crippen molar-refractivity contribution in [2.24, 2.45) is 0 Å². The summed E-state index contributed by atoms with van der Waals surface area (Å²) < 4.78 is 10.9. The molecule has 1 aliphatic rings. The van der Waals surface area contributed by atoms with Gasteiger partial charge < -0.3 is 19.4 Å². The molecule has 1 saturated heterocycles. The second kappa shape index (κ2) is 5.49. The van der Waals surface area contributed by atoms with Crippen LogP contribution in [0.3, 0.4) is 0 Å². The minimum Gasteiger partial charge on any atom is -0.436 e. The molecule has 18 heavy (non-hydrogen) atoms. The van der Waals surface area contributed by atoms with Crippen LogP contribution in [-0.4, -0.2) is 55.2 Å². The van der Waals surface area contributed by atoms with E-state index in [4.69, 9.17) is 9.15 Å². The number of aryl methyl sites for hydroxylation is 2. The molecule has 1 unspecified atom stereocenters. The van der Waals surface area contributed by atoms with Crippen molar-refractivity contribution in [3.63, 3.8) is 0 Å². The Kier molecular flexibility index (Phi) is 3.98. The molecule has 0 aromatic carbocycles. The third-order valence-electron chi connectivity index (χ3n) is 2.93. The Bertz CT molecular complexity index is 424. The third kappa shape index (κ3) is 2.88. The van der Waals surface area contributed by atoms with Crippen LogP contribution in [0.5, 0.6) is 0 Å². The summed E-state index contributed by atoms with van der Waals surface area (Å²) in [6.07, 6.45) is 0.0389. The van der Waals surface area contributed by atoms with Gasteiger partial charge in [0.1, 0.15) is 0 Å². The first kappa shape index (κ1) is 13.0. The third-order valence-corrected chi connectivity index (χ3v) is 2.93. The zero-order chi connectivity index (χ0) is 13.1. The summed E-state index contributed by atoms with van der Waals surface area (Å²) in [5, 5.41) is 3.24. The summed E-state index contributed by atoms with van der Waals surface area (Å²) in [5.41, 5.74) is 0.632. The van der Waals surface area contributed by atoms with Crippen molar-refractivity contribution in [3.8, 4) is 0 Å². The van der Waals surface area contributed by atoms with Crippen LogP contribution in [0.15, 0.2) is 4.42 Å². The van der Waals surface area contributed by atoms with E-state index in [2.05, 4.69) is 10.3 Å². The van der Waals surface area contributed by atoms with Crippen molar-refractivity contribution in [1.82, 2.24) is 15.2 Å². The number of aromatic nitrogens is 1. The van der Waals surface area contributed by atoms with Gasteiger partial charge in [-0.25, -0.2) is 4.98 Å². The molecule has 6 nitrogen and oxygen atoms in total. The second-order valence-electron chi connectivity index (χ2n) is 4.53. The maximum absolute atomic E-state index is 12.2. The van der Waals surface area contributed by atoms with E-state index in [9.17, 15) is 4.79 Å². The van der Waals surface area contributed by atoms with Crippen molar-refractivity contribution in [2.75, 3.05) is 33.3 Å². The quantitative estimate of drug-likeness (QED) is 0.842. The van der Waals surface area contributed by atoms with E-state index in [-0.39, 0.29) is 12.0 Å². The number of oxazole rings is 1. The summed E-state index contributed by atoms with van der Waals surface area (Å²) in [6, 6.07) is 0. The van der Waals surface area contributed by atoms with E-state index in [0.29, 0.717) is 30.5 Å². The molecule has 1 fully saturated rings. The van der Waals surface area contributed by atoms with Crippen LogP contribution >= 0.6 is 0 Å². The lowest BCUT2D eigenvalue weighted by Gasteiger charge is -2.27. The number of ether oxygens (including phenoxy) is 1. The number of morpholine rings is 1. The van der Waals surface area contributed by atoms with Gasteiger partial charge in [-0.2, -0.15) is 0 Å². The van der Waals surface area contributed by atoms with E-state index in [1.807, 2.05) is 0 Å². The molecule has 0 radical (unpaired) electrons. The van der Waals surface area contributed by atoms with Crippen molar-refractivity contribution in [1.29, 1.82) is 0 Å². The SMILES string of the molecule is Cc1nc(C)c(C(=O)N(C)CC2CNCCO2)o1. The van der Waals surface area contributed by atoms with Gasteiger partial charge in [-0.1, -0.05) is 0 Å². The van der Waals surface area contributed by atoms with Crippen molar-refractivity contribution in [3.05, 3.63) is 17.3 Å². The largest absolute Gasteiger partial charge is 0.436 e. The lowest BCUT2D eigenvalue weighted by atomic mass is 10.2. The molecule has 6 heteroatoms. The fraction of sp³-hybridized carbons (Fsp3) is 0.667. The van der Waals surface area contributed by atoms with Crippen LogP contribution in [0, 0.1) is 13.8 Å². The molecule has 0 aliphatic carbocycles. The Labute approximate surface area is 106 Å². The molecule has 1 N–H and O–H groups in total. The normalized spacial score (nSPS) is 19.8. The molecule has 0 spiro atoms. The number of nitrogens with one attached hydrogen (secondary N) is 1. The van der Waals surface area contributed by atoms with Gasteiger partial charge in [-0.15, -0.1) is 0 Å². The van der Waals surface area contributed by atoms with E-state index in [0.717, 1.165) is 13.1 Å². The standard InChI is InChI=1S/C12H19N3O3/c1-8-11(18-9(2)14-8)12(16)15(3)7-10-6-13-4-5-17-10/h10,13H,4-7H2,1-3H3. The van der Waals surface area contributed by atoms with E-state index in [1.54, 1.807) is 25.8 Å². The van der Waals surface area contributed by atoms with Gasteiger partial charge >= 0.3 is 0 Å². The van der Waals surface area contributed by atoms with E-state index < -0.39 is 0 Å². The Morgan fingerprint density at radius 2 is 2.33 bits per heavy atom. The fourth-order valence-electron chi connectivity index (χ4n) is 2.03. The minimum absolute atomic E-state index is 0.0389. The fourth-order valence-corrected chi connectivity index (χ4v) is 2.03. The lowest BCUT2D eigenvalue weighted by molar-refractivity contribution is 0.00967. The summed E-state index contributed by atoms with van der Waals surface area (Å²) in [5.74, 6) is 0.681. The highest BCUT2D eigenvalue weighted by Crippen LogP contribution is 2.12. The topological polar surface area (TPSA) is 67.6 Å². The summed E-state index contributed by atoms with van der Waals surface area (Å²) in [4.78, 5) is 17.9. The molecule has 1 aliphatic heterocycles. The van der Waals surface area contributed by atoms with E-state index in [1.165, 1.54) is 0 Å². The first-order valence-electron chi connectivity index (χ1n) is 6.09. The van der Waals surface area contributed by atoms with Crippen LogP contribution in [0.4, 0.5) is 0 Å². The van der Waals surface area contributed by atoms with Gasteiger partial charge in [0, 0.05) is 33.6 Å². The Morgan fingerprint density at radius 1 is 1.56 bits per heavy atom. The van der Waals surface area contributed by atoms with Crippen molar-refractivity contribution in [2.45, 2.75) is 20.0 Å². The molecule has 2 heterocycles. The molecule has 0 bridgehead atoms. The Hall–Kier alpha value is -1.40. The Morgan fingerprint density at radius 3 is 2.89 bits per heavy atom. The predicted octanol–water partition coefficient (Wildman–Crippen LogP) is 0.352. The first-order chi connectivity index (χ1) is 8.58. The smallest absolute Gasteiger partial charge is 0.291 e. The van der Waals surface area contributed by atoms with Gasteiger partial charge in [-0.3, -0.25) is 4.79 Å². The van der Waals surface area contributed by atoms with Crippen LogP contribution in [0.2, 0.25) is 0 Å². The van der Waals surface area contributed by atoms with Crippen molar-refractivity contribution < 1.29 is 13.9 Å². The number of hydrogen-bond donors (Lipinski definition) is 1. The molecule has 2 rings (SSSR count). The molecule has 1 aromatic heterocycles. The molecular formula is C12H19N3O3. The molecule has 1 atom stereocenters. The number of nitrogens with zero attached hydrogens (tertiary/aromatic N) is 2. The van der Waals surface area contributed by atoms with E-state index >= 15 is 0 Å². The highest BCUT2D eigenvalue weighted by molar-refractivity contribution is 5.92. The Balaban J connectivity index is 1.97. The number of hydrogen-bond acceptors (Lipinski definition) is 5. The maximum Gasteiger partial charge on any atom is 0.291 e. The van der Waals surface area contributed by atoms with Crippen LogP contribution in [-0.2, 0) is 4.74 Å². The molecule has 100 valence electrons. The van der Waals surface area contributed by atoms with Crippen LogP contribution in [0.25, 0.3) is 0 Å². The number of rotatable bonds is 3. The molecular weight excluding hydrogens is 234 g/mol. The monoisotopic (exact) mass is 253 g/mol. The zero-order valence-corrected chi connectivity index (χ0v) is 11.0. The lowest BCUT2D eigenvalue weighted by Crippen LogP contribution is -2.45. The number of likely N-dealkylation sites (N-methyl/N-ethyl adjacent to an activating group) is 1. The van der Waals surface area contributed by atoms with Crippen LogP contribution < -0.4 is 5.32 Å². The summed E-state index contributed by atoms with van der Waals surface area (Å²) in [7, 11) is 1.75. The van der Waals surface area contributed by atoms with Crippen LogP contribution in [0.1, 0.15) is 22.1 Å². The summed E-state index contributed by atoms with van der Waals surface area (Å²) in [6.45, 7) is 6.38. The minimum atomic E-state index is -0.151. The first-order valence-corrected chi connectivity index (χ1v) is 6.09. The van der Waals surface area contributed by atoms with Gasteiger partial charge in [0.25, 0.3) is 5.91 Å². The van der Waals surface area contributed by atoms with Gasteiger partial charge in [0.05, 0.1) is 18.4 Å². The predicted molar refractivity (Wildman–Crippen MR) is 65.5 cm³/mol. The highest BCUT2D eigenvalue weighted by atomic mass is 16.5. The van der Waals surface area contributed by atoms with Gasteiger partial charge in [-0.05, 0) is 6.92 Å². The second-order valence-corrected chi connectivity index (χ2v) is 4.53. The zero-order valence-electron chi connectivity index (χ0n) is 11.0. The van der Waals surface area contributed by atoms with Gasteiger partial charge in [0.15, 0.2) is 5.89 Å². The van der Waals surface area contributed by atoms with Gasteiger partial charge in [0.2, 0.25) is 5.76 Å². The summed E-state index contributed by atoms with van der Waals surface area (Å²) >= 11 is 0. The molecule has 1 aromatic rings. The average Bonchev–Trinajstić information content (AvgIpc) is 2.68. The number of carbonyl (C=O) groups is 1. The molecule has 0 saturated carbocycles. The average molecular weight is 253 g/mol. The molecule has 1 amide bonds. The number of carbonyl (C=O) groups excluding carboxylic acids is 1. The maximum atomic E-state index is 12.2. The van der Waals surface area contributed by atoms with Crippen molar-refractivity contribution >= 4 is 5.91 Å². The highest BCUT2D eigenvalue weighted by Gasteiger charge is 2.23.